The number of nitrogens with zero attached hydrogens (tertiary/aromatic N) is 1. The first kappa shape index (κ1) is 23.9. The molecule has 0 aliphatic rings. The molecule has 0 saturated carbocycles. The minimum absolute atomic E-state index is 0.0111. The number of rotatable bonds is 13. The van der Waals surface area contributed by atoms with Gasteiger partial charge in [0, 0.05) is 37.9 Å². The number of aliphatic carboxylic acids is 1. The van der Waals surface area contributed by atoms with E-state index in [0.717, 1.165) is 18.7 Å². The van der Waals surface area contributed by atoms with E-state index in [1.807, 2.05) is 18.2 Å². The largest absolute Gasteiger partial charge is 0.481 e. The van der Waals surface area contributed by atoms with Crippen molar-refractivity contribution in [3.8, 4) is 0 Å². The van der Waals surface area contributed by atoms with E-state index < -0.39 is 10.9 Å². The molecule has 0 amide bonds. The fourth-order valence-corrected chi connectivity index (χ4v) is 3.01. The van der Waals surface area contributed by atoms with Crippen LogP contribution in [0.3, 0.4) is 0 Å². The summed E-state index contributed by atoms with van der Waals surface area (Å²) in [4.78, 5) is 21.4. The molecule has 2 rings (SSSR count). The molecule has 0 saturated heterocycles. The summed E-state index contributed by atoms with van der Waals surface area (Å²) >= 11 is 5.06. The maximum absolute atomic E-state index is 11.3. The minimum Gasteiger partial charge on any atom is -0.481 e. The Kier molecular flexibility index (Phi) is 10.0. The number of carbonyl (C=O) groups is 1. The molecular weight excluding hydrogens is 418 g/mol. The van der Waals surface area contributed by atoms with Gasteiger partial charge in [-0.25, -0.2) is 0 Å². The first-order valence-corrected chi connectivity index (χ1v) is 10.4. The molecule has 0 aliphatic heterocycles. The second kappa shape index (κ2) is 13.0. The van der Waals surface area contributed by atoms with E-state index in [1.165, 1.54) is 11.6 Å². The molecule has 5 N–H and O–H groups in total. The third-order valence-electron chi connectivity index (χ3n) is 4.36. The van der Waals surface area contributed by atoms with Crippen molar-refractivity contribution in [3.63, 3.8) is 0 Å². The lowest BCUT2D eigenvalue weighted by Gasteiger charge is -2.12. The predicted octanol–water partition coefficient (Wildman–Crippen LogP) is 2.99. The van der Waals surface area contributed by atoms with Crippen LogP contribution in [0.2, 0.25) is 0 Å². The molecule has 2 aromatic rings. The summed E-state index contributed by atoms with van der Waals surface area (Å²) in [6.07, 6.45) is 1.51. The van der Waals surface area contributed by atoms with Crippen molar-refractivity contribution in [2.75, 3.05) is 36.8 Å². The second-order valence-corrected chi connectivity index (χ2v) is 7.17. The topological polar surface area (TPSA) is 129 Å². The molecule has 9 nitrogen and oxygen atoms in total. The monoisotopic (exact) mass is 445 g/mol. The van der Waals surface area contributed by atoms with Gasteiger partial charge in [0.15, 0.2) is 5.11 Å². The molecular formula is C21H27N5O4S. The van der Waals surface area contributed by atoms with Crippen molar-refractivity contribution >= 4 is 40.4 Å². The lowest BCUT2D eigenvalue weighted by atomic mass is 10.1. The molecule has 0 aromatic heterocycles. The highest BCUT2D eigenvalue weighted by molar-refractivity contribution is 7.80. The Morgan fingerprint density at radius 2 is 1.74 bits per heavy atom. The summed E-state index contributed by atoms with van der Waals surface area (Å²) in [5.74, 6) is -0.891. The first-order chi connectivity index (χ1) is 15.0. The number of nitro groups is 1. The smallest absolute Gasteiger partial charge is 0.305 e. The molecule has 0 fully saturated rings. The zero-order valence-corrected chi connectivity index (χ0v) is 17.9. The number of carboxylic acid groups (broad SMARTS) is 1. The van der Waals surface area contributed by atoms with Gasteiger partial charge in [0.05, 0.1) is 11.3 Å². The van der Waals surface area contributed by atoms with Gasteiger partial charge in [-0.1, -0.05) is 30.3 Å². The number of benzene rings is 2. The number of anilines is 2. The van der Waals surface area contributed by atoms with Crippen LogP contribution in [-0.4, -0.2) is 47.3 Å². The molecule has 0 unspecified atom stereocenters. The maximum Gasteiger partial charge on any atom is 0.305 e. The van der Waals surface area contributed by atoms with Crippen molar-refractivity contribution in [3.05, 3.63) is 64.2 Å². The SMILES string of the molecule is O=C(O)CCNC(=S)NCCCNc1cc(NCCc2ccccc2)ccc1[N+](=O)[O-]. The van der Waals surface area contributed by atoms with E-state index in [-0.39, 0.29) is 18.7 Å². The molecule has 0 atom stereocenters. The van der Waals surface area contributed by atoms with Gasteiger partial charge in [-0.15, -0.1) is 0 Å². The van der Waals surface area contributed by atoms with Crippen LogP contribution in [0.15, 0.2) is 48.5 Å². The third-order valence-corrected chi connectivity index (χ3v) is 4.65. The Morgan fingerprint density at radius 3 is 2.45 bits per heavy atom. The van der Waals surface area contributed by atoms with Crippen molar-refractivity contribution in [2.24, 2.45) is 0 Å². The molecule has 0 radical (unpaired) electrons. The number of hydrogen-bond acceptors (Lipinski definition) is 6. The van der Waals surface area contributed by atoms with E-state index in [0.29, 0.717) is 30.3 Å². The summed E-state index contributed by atoms with van der Waals surface area (Å²) in [6, 6.07) is 15.0. The van der Waals surface area contributed by atoms with Gasteiger partial charge in [0.25, 0.3) is 5.69 Å². The summed E-state index contributed by atoms with van der Waals surface area (Å²) in [5, 5.41) is 32.5. The van der Waals surface area contributed by atoms with Gasteiger partial charge in [-0.2, -0.15) is 0 Å². The summed E-state index contributed by atoms with van der Waals surface area (Å²) in [7, 11) is 0. The Hall–Kier alpha value is -3.40. The Bertz CT molecular complexity index is 879. The van der Waals surface area contributed by atoms with Gasteiger partial charge >= 0.3 is 5.97 Å². The lowest BCUT2D eigenvalue weighted by Crippen LogP contribution is -2.37. The molecule has 31 heavy (non-hydrogen) atoms. The third kappa shape index (κ3) is 9.30. The average Bonchev–Trinajstić information content (AvgIpc) is 2.74. The van der Waals surface area contributed by atoms with Gasteiger partial charge in [-0.05, 0) is 42.8 Å². The quantitative estimate of drug-likeness (QED) is 0.137. The standard InChI is InChI=1S/C21H27N5O4S/c27-20(28)10-14-25-21(31)24-12-4-11-23-18-15-17(7-8-19(18)26(29)30)22-13-9-16-5-2-1-3-6-16/h1-3,5-8,15,22-23H,4,9-14H2,(H,27,28)(H2,24,25,31). The van der Waals surface area contributed by atoms with Crippen LogP contribution in [-0.2, 0) is 11.2 Å². The maximum atomic E-state index is 11.3. The van der Waals surface area contributed by atoms with Gasteiger partial charge in [-0.3, -0.25) is 14.9 Å². The molecule has 10 heteroatoms. The van der Waals surface area contributed by atoms with Crippen molar-refractivity contribution in [1.29, 1.82) is 0 Å². The highest BCUT2D eigenvalue weighted by Crippen LogP contribution is 2.27. The van der Waals surface area contributed by atoms with E-state index in [2.05, 4.69) is 33.4 Å². The van der Waals surface area contributed by atoms with Crippen LogP contribution < -0.4 is 21.3 Å². The number of nitrogens with one attached hydrogen (secondary N) is 4. The van der Waals surface area contributed by atoms with E-state index in [1.54, 1.807) is 12.1 Å². The lowest BCUT2D eigenvalue weighted by molar-refractivity contribution is -0.383. The normalized spacial score (nSPS) is 10.2. The fraction of sp³-hybridized carbons (Fsp3) is 0.333. The van der Waals surface area contributed by atoms with Crippen LogP contribution in [0.5, 0.6) is 0 Å². The molecule has 0 heterocycles. The van der Waals surface area contributed by atoms with E-state index in [4.69, 9.17) is 17.3 Å². The average molecular weight is 446 g/mol. The van der Waals surface area contributed by atoms with Crippen molar-refractivity contribution < 1.29 is 14.8 Å². The van der Waals surface area contributed by atoms with Crippen molar-refractivity contribution in [2.45, 2.75) is 19.3 Å². The Labute approximate surface area is 186 Å². The number of thiocarbonyl (C=S) groups is 1. The van der Waals surface area contributed by atoms with Crippen LogP contribution >= 0.6 is 12.2 Å². The minimum atomic E-state index is -0.891. The number of carboxylic acids is 1. The van der Waals surface area contributed by atoms with Crippen LogP contribution in [0.4, 0.5) is 17.1 Å². The summed E-state index contributed by atoms with van der Waals surface area (Å²) in [6.45, 7) is 2.04. The molecule has 2 aromatic carbocycles. The Morgan fingerprint density at radius 1 is 1.00 bits per heavy atom. The fourth-order valence-electron chi connectivity index (χ4n) is 2.80. The highest BCUT2D eigenvalue weighted by Gasteiger charge is 2.13. The summed E-state index contributed by atoms with van der Waals surface area (Å²) < 4.78 is 0. The second-order valence-electron chi connectivity index (χ2n) is 6.76. The zero-order valence-electron chi connectivity index (χ0n) is 17.1. The Balaban J connectivity index is 1.78. The molecule has 166 valence electrons. The van der Waals surface area contributed by atoms with Gasteiger partial charge in [0.1, 0.15) is 5.69 Å². The van der Waals surface area contributed by atoms with Gasteiger partial charge in [0.2, 0.25) is 0 Å². The van der Waals surface area contributed by atoms with Crippen LogP contribution in [0.1, 0.15) is 18.4 Å². The van der Waals surface area contributed by atoms with Crippen molar-refractivity contribution in [1.82, 2.24) is 10.6 Å². The summed E-state index contributed by atoms with van der Waals surface area (Å²) in [5.41, 5.74) is 2.51. The number of hydrogen-bond donors (Lipinski definition) is 5. The van der Waals surface area contributed by atoms with E-state index in [9.17, 15) is 14.9 Å². The first-order valence-electron chi connectivity index (χ1n) is 9.99. The predicted molar refractivity (Wildman–Crippen MR) is 126 cm³/mol. The van der Waals surface area contributed by atoms with Gasteiger partial charge < -0.3 is 26.4 Å². The molecule has 0 bridgehead atoms. The number of nitro benzene ring substituents is 1. The zero-order chi connectivity index (χ0) is 22.5. The van der Waals surface area contributed by atoms with Crippen LogP contribution in [0, 0.1) is 10.1 Å². The van der Waals surface area contributed by atoms with E-state index >= 15 is 0 Å². The molecule has 0 aliphatic carbocycles. The highest BCUT2D eigenvalue weighted by atomic mass is 32.1. The molecule has 0 spiro atoms. The van der Waals surface area contributed by atoms with Crippen LogP contribution in [0.25, 0.3) is 0 Å².